The Labute approximate surface area is 177 Å². The van der Waals surface area contributed by atoms with Crippen LogP contribution in [0.2, 0.25) is 0 Å². The number of benzene rings is 2. The van der Waals surface area contributed by atoms with Gasteiger partial charge in [-0.25, -0.2) is 4.79 Å². The Morgan fingerprint density at radius 2 is 1.70 bits per heavy atom. The Balaban J connectivity index is 1.39. The van der Waals surface area contributed by atoms with Crippen molar-refractivity contribution in [1.29, 1.82) is 0 Å². The molecule has 4 rings (SSSR count). The summed E-state index contributed by atoms with van der Waals surface area (Å²) in [5.41, 5.74) is 8.72. The van der Waals surface area contributed by atoms with Crippen LogP contribution in [0.25, 0.3) is 0 Å². The summed E-state index contributed by atoms with van der Waals surface area (Å²) in [6.07, 6.45) is 4.27. The molecule has 0 radical (unpaired) electrons. The van der Waals surface area contributed by atoms with E-state index in [1.165, 1.54) is 25.9 Å². The van der Waals surface area contributed by atoms with Gasteiger partial charge in [0.15, 0.2) is 5.75 Å². The van der Waals surface area contributed by atoms with Gasteiger partial charge in [0.05, 0.1) is 5.69 Å². The van der Waals surface area contributed by atoms with Crippen molar-refractivity contribution in [1.82, 2.24) is 9.80 Å². The molecule has 2 aromatic rings. The van der Waals surface area contributed by atoms with Gasteiger partial charge in [-0.2, -0.15) is 0 Å². The molecule has 30 heavy (non-hydrogen) atoms. The van der Waals surface area contributed by atoms with Crippen LogP contribution in [-0.2, 0) is 0 Å². The lowest BCUT2D eigenvalue weighted by molar-refractivity contribution is 0.110. The summed E-state index contributed by atoms with van der Waals surface area (Å²) in [7, 11) is 0. The molecule has 0 unspecified atom stereocenters. The number of likely N-dealkylation sites (tertiary alicyclic amines) is 2. The zero-order valence-electron chi connectivity index (χ0n) is 17.5. The van der Waals surface area contributed by atoms with E-state index in [0.29, 0.717) is 28.9 Å². The molecule has 2 heterocycles. The summed E-state index contributed by atoms with van der Waals surface area (Å²) >= 11 is 0. The summed E-state index contributed by atoms with van der Waals surface area (Å²) < 4.78 is 5.67. The quantitative estimate of drug-likeness (QED) is 0.568. The SMILES string of the molecule is Cc1ccc(/N=N/c2ccccc2OC(=O)N2CCC(N3CCCC3)CC2)c(N)c1. The smallest absolute Gasteiger partial charge is 0.408 e. The van der Waals surface area contributed by atoms with Gasteiger partial charge in [0, 0.05) is 19.1 Å². The Bertz CT molecular complexity index is 916. The standard InChI is InChI=1S/C23H29N5O2/c1-17-8-9-20(19(24)16-17)25-26-21-6-2-3-7-22(21)30-23(29)28-14-10-18(11-15-28)27-12-4-5-13-27/h2-3,6-9,16,18H,4-5,10-15,24H2,1H3/b26-25+. The fraction of sp³-hybridized carbons (Fsp3) is 0.435. The minimum absolute atomic E-state index is 0.327. The van der Waals surface area contributed by atoms with Crippen LogP contribution in [0.5, 0.6) is 5.75 Å². The van der Waals surface area contributed by atoms with E-state index in [1.807, 2.05) is 37.3 Å². The monoisotopic (exact) mass is 407 g/mol. The number of azo groups is 1. The van der Waals surface area contributed by atoms with Crippen LogP contribution in [0.1, 0.15) is 31.2 Å². The van der Waals surface area contributed by atoms with E-state index in [0.717, 1.165) is 31.5 Å². The lowest BCUT2D eigenvalue weighted by Crippen LogP contribution is -2.46. The van der Waals surface area contributed by atoms with Gasteiger partial charge < -0.3 is 20.3 Å². The molecule has 0 atom stereocenters. The number of rotatable bonds is 4. The van der Waals surface area contributed by atoms with E-state index in [4.69, 9.17) is 10.5 Å². The van der Waals surface area contributed by atoms with Crippen LogP contribution in [-0.4, -0.2) is 48.1 Å². The second kappa shape index (κ2) is 9.26. The van der Waals surface area contributed by atoms with Crippen LogP contribution in [0.15, 0.2) is 52.7 Å². The Hall–Kier alpha value is -2.93. The zero-order chi connectivity index (χ0) is 20.9. The number of aryl methyl sites for hydroxylation is 1. The molecule has 0 aliphatic carbocycles. The van der Waals surface area contributed by atoms with Gasteiger partial charge in [-0.1, -0.05) is 18.2 Å². The van der Waals surface area contributed by atoms with Gasteiger partial charge in [-0.05, 0) is 75.5 Å². The van der Waals surface area contributed by atoms with E-state index in [2.05, 4.69) is 15.1 Å². The largest absolute Gasteiger partial charge is 0.415 e. The van der Waals surface area contributed by atoms with Gasteiger partial charge in [-0.15, -0.1) is 10.2 Å². The highest BCUT2D eigenvalue weighted by Crippen LogP contribution is 2.31. The number of nitrogens with two attached hydrogens (primary N) is 1. The third-order valence-corrected chi connectivity index (χ3v) is 5.89. The van der Waals surface area contributed by atoms with Crippen LogP contribution in [0.4, 0.5) is 21.9 Å². The first-order valence-corrected chi connectivity index (χ1v) is 10.7. The molecule has 2 fully saturated rings. The Kier molecular flexibility index (Phi) is 6.28. The molecule has 158 valence electrons. The van der Waals surface area contributed by atoms with Crippen molar-refractivity contribution in [3.8, 4) is 5.75 Å². The maximum Gasteiger partial charge on any atom is 0.415 e. The summed E-state index contributed by atoms with van der Waals surface area (Å²) in [6, 6.07) is 13.4. The lowest BCUT2D eigenvalue weighted by atomic mass is 10.0. The highest BCUT2D eigenvalue weighted by atomic mass is 16.6. The van der Waals surface area contributed by atoms with Crippen LogP contribution < -0.4 is 10.5 Å². The fourth-order valence-electron chi connectivity index (χ4n) is 4.18. The molecular formula is C23H29N5O2. The molecule has 2 aromatic carbocycles. The number of carbonyl (C=O) groups is 1. The molecule has 0 spiro atoms. The molecular weight excluding hydrogens is 378 g/mol. The fourth-order valence-corrected chi connectivity index (χ4v) is 4.18. The number of nitrogen functional groups attached to an aromatic ring is 1. The lowest BCUT2D eigenvalue weighted by Gasteiger charge is -2.36. The maximum atomic E-state index is 12.7. The first-order valence-electron chi connectivity index (χ1n) is 10.7. The molecule has 1 amide bonds. The van der Waals surface area contributed by atoms with Gasteiger partial charge in [0.1, 0.15) is 11.4 Å². The van der Waals surface area contributed by atoms with Gasteiger partial charge in [0.25, 0.3) is 0 Å². The second-order valence-corrected chi connectivity index (χ2v) is 8.06. The van der Waals surface area contributed by atoms with Gasteiger partial charge in [-0.3, -0.25) is 0 Å². The zero-order valence-corrected chi connectivity index (χ0v) is 17.5. The van der Waals surface area contributed by atoms with Crippen molar-refractivity contribution < 1.29 is 9.53 Å². The summed E-state index contributed by atoms with van der Waals surface area (Å²) in [4.78, 5) is 17.1. The number of nitrogens with zero attached hydrogens (tertiary/aromatic N) is 4. The third kappa shape index (κ3) is 4.79. The molecule has 0 saturated carbocycles. The van der Waals surface area contributed by atoms with Crippen molar-refractivity contribution in [3.05, 3.63) is 48.0 Å². The third-order valence-electron chi connectivity index (χ3n) is 5.89. The Morgan fingerprint density at radius 3 is 2.43 bits per heavy atom. The van der Waals surface area contributed by atoms with Crippen molar-refractivity contribution in [3.63, 3.8) is 0 Å². The number of anilines is 1. The topological polar surface area (TPSA) is 83.5 Å². The van der Waals surface area contributed by atoms with E-state index in [9.17, 15) is 4.79 Å². The number of para-hydroxylation sites is 1. The number of ether oxygens (including phenoxy) is 1. The van der Waals surface area contributed by atoms with Crippen LogP contribution in [0.3, 0.4) is 0 Å². The molecule has 2 saturated heterocycles. The highest BCUT2D eigenvalue weighted by Gasteiger charge is 2.29. The normalized spacial score (nSPS) is 18.2. The number of carbonyl (C=O) groups excluding carboxylic acids is 1. The molecule has 0 bridgehead atoms. The van der Waals surface area contributed by atoms with E-state index in [-0.39, 0.29) is 6.09 Å². The summed E-state index contributed by atoms with van der Waals surface area (Å²) in [5.74, 6) is 0.401. The number of piperidine rings is 1. The predicted octanol–water partition coefficient (Wildman–Crippen LogP) is 5.05. The molecule has 2 aliphatic heterocycles. The van der Waals surface area contributed by atoms with E-state index in [1.54, 1.807) is 17.0 Å². The highest BCUT2D eigenvalue weighted by molar-refractivity contribution is 5.73. The van der Waals surface area contributed by atoms with Crippen LogP contribution >= 0.6 is 0 Å². The van der Waals surface area contributed by atoms with E-state index < -0.39 is 0 Å². The molecule has 2 N–H and O–H groups in total. The first-order chi connectivity index (χ1) is 14.6. The van der Waals surface area contributed by atoms with Crippen molar-refractivity contribution in [2.75, 3.05) is 31.9 Å². The molecule has 2 aliphatic rings. The predicted molar refractivity (Wildman–Crippen MR) is 118 cm³/mol. The molecule has 7 heteroatoms. The first kappa shape index (κ1) is 20.3. The van der Waals surface area contributed by atoms with Gasteiger partial charge in [0.2, 0.25) is 0 Å². The minimum atomic E-state index is -0.327. The number of amides is 1. The number of hydrogen-bond donors (Lipinski definition) is 1. The molecule has 7 nitrogen and oxygen atoms in total. The number of hydrogen-bond acceptors (Lipinski definition) is 6. The Morgan fingerprint density at radius 1 is 1.00 bits per heavy atom. The van der Waals surface area contributed by atoms with E-state index >= 15 is 0 Å². The van der Waals surface area contributed by atoms with Crippen molar-refractivity contribution in [2.45, 2.75) is 38.6 Å². The van der Waals surface area contributed by atoms with Crippen molar-refractivity contribution in [2.24, 2.45) is 10.2 Å². The average molecular weight is 408 g/mol. The maximum absolute atomic E-state index is 12.7. The summed E-state index contributed by atoms with van der Waals surface area (Å²) in [6.45, 7) is 5.81. The minimum Gasteiger partial charge on any atom is -0.408 e. The van der Waals surface area contributed by atoms with Crippen molar-refractivity contribution >= 4 is 23.2 Å². The summed E-state index contributed by atoms with van der Waals surface area (Å²) in [5, 5.41) is 8.51. The second-order valence-electron chi connectivity index (χ2n) is 8.06. The van der Waals surface area contributed by atoms with Crippen LogP contribution in [0, 0.1) is 6.92 Å². The average Bonchev–Trinajstić information content (AvgIpc) is 3.29. The van der Waals surface area contributed by atoms with Gasteiger partial charge >= 0.3 is 6.09 Å². The molecule has 0 aromatic heterocycles.